The van der Waals surface area contributed by atoms with Crippen LogP contribution in [0.25, 0.3) is 5.57 Å². The third-order valence-electron chi connectivity index (χ3n) is 3.50. The number of ether oxygens (including phenoxy) is 1. The van der Waals surface area contributed by atoms with Crippen LogP contribution < -0.4 is 10.4 Å². The Kier molecular flexibility index (Phi) is 8.19. The summed E-state index contributed by atoms with van der Waals surface area (Å²) < 4.78 is 10.5. The quantitative estimate of drug-likeness (QED) is 0.566. The van der Waals surface area contributed by atoms with Crippen LogP contribution in [-0.2, 0) is 4.79 Å². The van der Waals surface area contributed by atoms with Crippen molar-refractivity contribution in [1.29, 1.82) is 0 Å². The number of aliphatic carboxylic acids is 1. The first-order valence-electron chi connectivity index (χ1n) is 7.95. The molecule has 1 unspecified atom stereocenters. The number of rotatable bonds is 8. The van der Waals surface area contributed by atoms with Gasteiger partial charge in [0, 0.05) is 12.1 Å². The van der Waals surface area contributed by atoms with Gasteiger partial charge in [-0.05, 0) is 31.8 Å². The van der Waals surface area contributed by atoms with Crippen LogP contribution in [0.15, 0.2) is 57.8 Å². The second-order valence-electron chi connectivity index (χ2n) is 5.66. The van der Waals surface area contributed by atoms with Crippen molar-refractivity contribution < 1.29 is 19.1 Å². The topological polar surface area (TPSA) is 76.7 Å². The van der Waals surface area contributed by atoms with E-state index >= 15 is 0 Å². The highest BCUT2D eigenvalue weighted by Crippen LogP contribution is 2.22. The summed E-state index contributed by atoms with van der Waals surface area (Å²) in [7, 11) is 1.52. The Hall–Kier alpha value is -2.82. The monoisotopic (exact) mass is 344 g/mol. The molecule has 0 amide bonds. The number of carbonyl (C=O) groups is 1. The zero-order chi connectivity index (χ0) is 18.8. The minimum absolute atomic E-state index is 0.247. The van der Waals surface area contributed by atoms with E-state index in [9.17, 15) is 9.59 Å². The number of methoxy groups -OCH3 is 1. The second kappa shape index (κ2) is 10.1. The van der Waals surface area contributed by atoms with Gasteiger partial charge in [0.2, 0.25) is 0 Å². The Balaban J connectivity index is 2.71. The molecule has 0 aromatic carbocycles. The van der Waals surface area contributed by atoms with Crippen molar-refractivity contribution in [3.63, 3.8) is 0 Å². The molecule has 1 atom stereocenters. The van der Waals surface area contributed by atoms with Gasteiger partial charge in [-0.3, -0.25) is 0 Å². The lowest BCUT2D eigenvalue weighted by atomic mass is 10.0. The largest absolute Gasteiger partial charge is 0.496 e. The smallest absolute Gasteiger partial charge is 0.342 e. The minimum Gasteiger partial charge on any atom is -0.496 e. The summed E-state index contributed by atoms with van der Waals surface area (Å²) in [4.78, 5) is 22.1. The van der Waals surface area contributed by atoms with Crippen LogP contribution in [0, 0.1) is 12.8 Å². The van der Waals surface area contributed by atoms with Crippen molar-refractivity contribution >= 4 is 11.5 Å². The molecule has 0 saturated carbocycles. The second-order valence-corrected chi connectivity index (χ2v) is 5.66. The molecule has 1 heterocycles. The van der Waals surface area contributed by atoms with Crippen molar-refractivity contribution in [2.24, 2.45) is 5.92 Å². The number of hydrogen-bond acceptors (Lipinski definition) is 4. The molecule has 0 aliphatic carbocycles. The first-order chi connectivity index (χ1) is 11.8. The van der Waals surface area contributed by atoms with Crippen molar-refractivity contribution in [1.82, 2.24) is 0 Å². The van der Waals surface area contributed by atoms with E-state index in [0.29, 0.717) is 17.1 Å². The maximum atomic E-state index is 11.8. The van der Waals surface area contributed by atoms with Gasteiger partial charge in [0.25, 0.3) is 0 Å². The molecule has 0 radical (unpaired) electrons. The summed E-state index contributed by atoms with van der Waals surface area (Å²) in [5, 5.41) is 8.45. The van der Waals surface area contributed by atoms with Gasteiger partial charge in [0.1, 0.15) is 11.5 Å². The first kappa shape index (κ1) is 20.2. The maximum Gasteiger partial charge on any atom is 0.342 e. The Bertz CT molecular complexity index is 763. The summed E-state index contributed by atoms with van der Waals surface area (Å²) >= 11 is 0. The van der Waals surface area contributed by atoms with Crippen molar-refractivity contribution in [2.75, 3.05) is 7.11 Å². The van der Waals surface area contributed by atoms with Gasteiger partial charge in [-0.15, -0.1) is 0 Å². The minimum atomic E-state index is -0.970. The predicted octanol–water partition coefficient (Wildman–Crippen LogP) is 4.14. The number of allylic oxidation sites excluding steroid dienone is 7. The lowest BCUT2D eigenvalue weighted by Gasteiger charge is -2.08. The van der Waals surface area contributed by atoms with Crippen LogP contribution in [0.1, 0.15) is 31.6 Å². The Morgan fingerprint density at radius 1 is 1.32 bits per heavy atom. The fourth-order valence-electron chi connectivity index (χ4n) is 2.16. The highest BCUT2D eigenvalue weighted by atomic mass is 16.5. The standard InChI is InChI=1S/C20H24O5/c1-14(10-8-6-5-7-9-11-19(21)22)12-15(2)17-13-18(24-4)16(3)20(23)25-17/h5-9,11-14H,10H2,1-4H3,(H,21,22). The molecule has 0 spiro atoms. The van der Waals surface area contributed by atoms with E-state index in [1.54, 1.807) is 25.1 Å². The van der Waals surface area contributed by atoms with E-state index in [0.717, 1.165) is 18.1 Å². The van der Waals surface area contributed by atoms with Gasteiger partial charge in [-0.1, -0.05) is 43.4 Å². The van der Waals surface area contributed by atoms with Crippen LogP contribution in [0.3, 0.4) is 0 Å². The highest BCUT2D eigenvalue weighted by molar-refractivity contribution is 5.80. The molecule has 1 aromatic heterocycles. The molecular formula is C20H24O5. The summed E-state index contributed by atoms with van der Waals surface area (Å²) in [5.41, 5.74) is 0.934. The van der Waals surface area contributed by atoms with Crippen LogP contribution in [0.5, 0.6) is 5.75 Å². The molecule has 5 nitrogen and oxygen atoms in total. The van der Waals surface area contributed by atoms with Crippen LogP contribution >= 0.6 is 0 Å². The average molecular weight is 344 g/mol. The van der Waals surface area contributed by atoms with Gasteiger partial charge >= 0.3 is 11.6 Å². The Morgan fingerprint density at radius 2 is 2.00 bits per heavy atom. The lowest BCUT2D eigenvalue weighted by Crippen LogP contribution is -2.07. The molecular weight excluding hydrogens is 320 g/mol. The van der Waals surface area contributed by atoms with E-state index in [4.69, 9.17) is 14.3 Å². The SMILES string of the molecule is COc1cc(C(C)=CC(C)CC=CC=CC=CC(=O)O)oc(=O)c1C. The van der Waals surface area contributed by atoms with Gasteiger partial charge in [0.15, 0.2) is 0 Å². The first-order valence-corrected chi connectivity index (χ1v) is 7.95. The molecule has 25 heavy (non-hydrogen) atoms. The Morgan fingerprint density at radius 3 is 2.64 bits per heavy atom. The van der Waals surface area contributed by atoms with Crippen LogP contribution in [-0.4, -0.2) is 18.2 Å². The summed E-state index contributed by atoms with van der Waals surface area (Å²) in [6.07, 6.45) is 12.7. The van der Waals surface area contributed by atoms with Gasteiger partial charge in [0.05, 0.1) is 12.7 Å². The molecule has 0 aliphatic rings. The third kappa shape index (κ3) is 7.08. The van der Waals surface area contributed by atoms with E-state index in [2.05, 4.69) is 6.92 Å². The van der Waals surface area contributed by atoms with Crippen LogP contribution in [0.2, 0.25) is 0 Å². The summed E-state index contributed by atoms with van der Waals surface area (Å²) in [6.45, 7) is 5.62. The lowest BCUT2D eigenvalue weighted by molar-refractivity contribution is -0.131. The molecule has 0 aliphatic heterocycles. The molecule has 134 valence electrons. The molecule has 1 N–H and O–H groups in total. The van der Waals surface area contributed by atoms with Gasteiger partial charge < -0.3 is 14.3 Å². The molecule has 0 saturated heterocycles. The van der Waals surface area contributed by atoms with E-state index < -0.39 is 11.6 Å². The zero-order valence-corrected chi connectivity index (χ0v) is 15.0. The van der Waals surface area contributed by atoms with Crippen LogP contribution in [0.4, 0.5) is 0 Å². The zero-order valence-electron chi connectivity index (χ0n) is 15.0. The number of hydrogen-bond donors (Lipinski definition) is 1. The molecule has 0 fully saturated rings. The molecule has 0 bridgehead atoms. The predicted molar refractivity (Wildman–Crippen MR) is 98.8 cm³/mol. The van der Waals surface area contributed by atoms with E-state index in [1.165, 1.54) is 13.2 Å². The van der Waals surface area contributed by atoms with Crippen molar-refractivity contribution in [3.8, 4) is 5.75 Å². The number of carboxylic acids is 1. The summed E-state index contributed by atoms with van der Waals surface area (Å²) in [5.74, 6) is 0.298. The van der Waals surface area contributed by atoms with Gasteiger partial charge in [-0.2, -0.15) is 0 Å². The van der Waals surface area contributed by atoms with Crippen molar-refractivity contribution in [2.45, 2.75) is 27.2 Å². The average Bonchev–Trinajstić information content (AvgIpc) is 2.55. The third-order valence-corrected chi connectivity index (χ3v) is 3.50. The van der Waals surface area contributed by atoms with E-state index in [-0.39, 0.29) is 5.92 Å². The normalized spacial score (nSPS) is 13.8. The number of carboxylic acid groups (broad SMARTS) is 1. The molecule has 1 aromatic rings. The fourth-order valence-corrected chi connectivity index (χ4v) is 2.16. The highest BCUT2D eigenvalue weighted by Gasteiger charge is 2.10. The fraction of sp³-hybridized carbons (Fsp3) is 0.300. The Labute approximate surface area is 147 Å². The molecule has 1 rings (SSSR count). The summed E-state index contributed by atoms with van der Waals surface area (Å²) in [6, 6.07) is 1.72. The maximum absolute atomic E-state index is 11.8. The van der Waals surface area contributed by atoms with Gasteiger partial charge in [-0.25, -0.2) is 9.59 Å². The van der Waals surface area contributed by atoms with E-state index in [1.807, 2.05) is 25.2 Å². The molecule has 5 heteroatoms. The van der Waals surface area contributed by atoms with Crippen molar-refractivity contribution in [3.05, 3.63) is 70.3 Å².